The van der Waals surface area contributed by atoms with Crippen LogP contribution in [-0.4, -0.2) is 23.6 Å². The molecule has 0 saturated heterocycles. The lowest BCUT2D eigenvalue weighted by molar-refractivity contribution is 0.520. The maximum absolute atomic E-state index is 4.34. The van der Waals surface area contributed by atoms with E-state index in [2.05, 4.69) is 33.8 Å². The van der Waals surface area contributed by atoms with Crippen LogP contribution in [0.2, 0.25) is 0 Å². The van der Waals surface area contributed by atoms with E-state index >= 15 is 0 Å². The number of rotatable bonds is 3. The first-order valence-corrected chi connectivity index (χ1v) is 5.01. The second kappa shape index (κ2) is 4.00. The van der Waals surface area contributed by atoms with E-state index in [9.17, 15) is 0 Å². The molecule has 0 aliphatic carbocycles. The molecule has 4 heteroatoms. The van der Waals surface area contributed by atoms with Gasteiger partial charge in [-0.1, -0.05) is 6.07 Å². The van der Waals surface area contributed by atoms with Crippen LogP contribution in [0.25, 0.3) is 11.0 Å². The van der Waals surface area contributed by atoms with Gasteiger partial charge in [-0.3, -0.25) is 0 Å². The number of nitrogens with one attached hydrogen (secondary N) is 2. The Morgan fingerprint density at radius 1 is 1.27 bits per heavy atom. The van der Waals surface area contributed by atoms with Crippen molar-refractivity contribution < 1.29 is 0 Å². The van der Waals surface area contributed by atoms with Gasteiger partial charge in [0, 0.05) is 7.05 Å². The molecule has 0 unspecified atom stereocenters. The summed E-state index contributed by atoms with van der Waals surface area (Å²) in [5, 5.41) is 6.39. The molecule has 2 rings (SSSR count). The van der Waals surface area contributed by atoms with E-state index in [-0.39, 0.29) is 6.17 Å². The summed E-state index contributed by atoms with van der Waals surface area (Å²) in [5.74, 6) is 0. The van der Waals surface area contributed by atoms with Crippen molar-refractivity contribution in [1.82, 2.24) is 20.2 Å². The highest BCUT2D eigenvalue weighted by molar-refractivity contribution is 5.76. The third-order valence-electron chi connectivity index (χ3n) is 2.66. The molecule has 0 amide bonds. The largest absolute Gasteiger partial charge is 0.334 e. The third-order valence-corrected chi connectivity index (χ3v) is 2.66. The zero-order valence-electron chi connectivity index (χ0n) is 9.28. The highest BCUT2D eigenvalue weighted by Gasteiger charge is 2.07. The van der Waals surface area contributed by atoms with Gasteiger partial charge < -0.3 is 15.2 Å². The van der Waals surface area contributed by atoms with Crippen molar-refractivity contribution in [2.75, 3.05) is 14.1 Å². The van der Waals surface area contributed by atoms with Crippen molar-refractivity contribution in [1.29, 1.82) is 0 Å². The number of aromatic nitrogens is 2. The maximum Gasteiger partial charge on any atom is 0.0955 e. The summed E-state index contributed by atoms with van der Waals surface area (Å²) in [6.07, 6.45) is 2.01. The Morgan fingerprint density at radius 2 is 2.00 bits per heavy atom. The fourth-order valence-corrected chi connectivity index (χ4v) is 1.81. The Morgan fingerprint density at radius 3 is 2.67 bits per heavy atom. The van der Waals surface area contributed by atoms with E-state index in [1.54, 1.807) is 0 Å². The van der Waals surface area contributed by atoms with Gasteiger partial charge in [-0.25, -0.2) is 4.98 Å². The quantitative estimate of drug-likeness (QED) is 0.733. The Labute approximate surface area is 89.3 Å². The highest BCUT2D eigenvalue weighted by Crippen LogP contribution is 2.17. The predicted molar refractivity (Wildman–Crippen MR) is 61.6 cm³/mol. The van der Waals surface area contributed by atoms with E-state index in [1.807, 2.05) is 32.0 Å². The van der Waals surface area contributed by atoms with E-state index in [4.69, 9.17) is 0 Å². The average Bonchev–Trinajstić information content (AvgIpc) is 2.62. The second-order valence-electron chi connectivity index (χ2n) is 3.61. The lowest BCUT2D eigenvalue weighted by Gasteiger charge is -2.15. The SMILES string of the molecule is CNC(NC)c1ccc2c(c1)ncn2C. The summed E-state index contributed by atoms with van der Waals surface area (Å²) in [5.41, 5.74) is 3.39. The van der Waals surface area contributed by atoms with Crippen molar-refractivity contribution in [2.45, 2.75) is 6.17 Å². The monoisotopic (exact) mass is 204 g/mol. The Bertz CT molecular complexity index is 457. The zero-order valence-corrected chi connectivity index (χ0v) is 9.28. The molecule has 0 fully saturated rings. The molecule has 0 spiro atoms. The van der Waals surface area contributed by atoms with Crippen LogP contribution in [-0.2, 0) is 7.05 Å². The molecule has 0 aliphatic heterocycles. The molecule has 1 aromatic heterocycles. The van der Waals surface area contributed by atoms with Gasteiger partial charge in [0.2, 0.25) is 0 Å². The van der Waals surface area contributed by atoms with Gasteiger partial charge in [-0.05, 0) is 31.8 Å². The van der Waals surface area contributed by atoms with Crippen LogP contribution in [0.4, 0.5) is 0 Å². The summed E-state index contributed by atoms with van der Waals surface area (Å²) < 4.78 is 2.02. The van der Waals surface area contributed by atoms with Crippen LogP contribution in [0, 0.1) is 0 Å². The standard InChI is InChI=1S/C11H16N4/c1-12-11(13-2)8-4-5-10-9(6-8)14-7-15(10)3/h4-7,11-13H,1-3H3. The Kier molecular flexibility index (Phi) is 2.70. The maximum atomic E-state index is 4.34. The summed E-state index contributed by atoms with van der Waals surface area (Å²) in [7, 11) is 5.87. The molecule has 0 aliphatic rings. The van der Waals surface area contributed by atoms with Crippen molar-refractivity contribution in [3.05, 3.63) is 30.1 Å². The van der Waals surface area contributed by atoms with Crippen molar-refractivity contribution >= 4 is 11.0 Å². The smallest absolute Gasteiger partial charge is 0.0955 e. The molecule has 4 nitrogen and oxygen atoms in total. The van der Waals surface area contributed by atoms with Gasteiger partial charge >= 0.3 is 0 Å². The lowest BCUT2D eigenvalue weighted by atomic mass is 10.1. The van der Waals surface area contributed by atoms with Crippen LogP contribution >= 0.6 is 0 Å². The number of fused-ring (bicyclic) bond motifs is 1. The van der Waals surface area contributed by atoms with E-state index in [1.165, 1.54) is 5.56 Å². The topological polar surface area (TPSA) is 41.9 Å². The van der Waals surface area contributed by atoms with E-state index in [0.29, 0.717) is 0 Å². The first-order valence-electron chi connectivity index (χ1n) is 5.01. The van der Waals surface area contributed by atoms with Crippen LogP contribution in [0.3, 0.4) is 0 Å². The molecular formula is C11H16N4. The fraction of sp³-hybridized carbons (Fsp3) is 0.364. The van der Waals surface area contributed by atoms with E-state index < -0.39 is 0 Å². The first kappa shape index (κ1) is 10.1. The number of hydrogen-bond donors (Lipinski definition) is 2. The summed E-state index contributed by atoms with van der Waals surface area (Å²) >= 11 is 0. The minimum absolute atomic E-state index is 0.177. The van der Waals surface area contributed by atoms with Crippen LogP contribution in [0.5, 0.6) is 0 Å². The van der Waals surface area contributed by atoms with Gasteiger partial charge in [-0.15, -0.1) is 0 Å². The van der Waals surface area contributed by atoms with Crippen LogP contribution in [0.15, 0.2) is 24.5 Å². The molecule has 15 heavy (non-hydrogen) atoms. The molecule has 80 valence electrons. The minimum Gasteiger partial charge on any atom is -0.334 e. The number of imidazole rings is 1. The van der Waals surface area contributed by atoms with Gasteiger partial charge in [-0.2, -0.15) is 0 Å². The highest BCUT2D eigenvalue weighted by atomic mass is 15.1. The normalized spacial score (nSPS) is 11.5. The second-order valence-corrected chi connectivity index (χ2v) is 3.61. The van der Waals surface area contributed by atoms with Crippen LogP contribution < -0.4 is 10.6 Å². The molecule has 2 N–H and O–H groups in total. The first-order chi connectivity index (χ1) is 7.26. The molecule has 0 atom stereocenters. The summed E-state index contributed by atoms with van der Waals surface area (Å²) in [4.78, 5) is 4.34. The van der Waals surface area contributed by atoms with Crippen molar-refractivity contribution in [2.24, 2.45) is 7.05 Å². The minimum atomic E-state index is 0.177. The van der Waals surface area contributed by atoms with E-state index in [0.717, 1.165) is 11.0 Å². The fourth-order valence-electron chi connectivity index (χ4n) is 1.81. The molecule has 0 bridgehead atoms. The van der Waals surface area contributed by atoms with Crippen LogP contribution in [0.1, 0.15) is 11.7 Å². The van der Waals surface area contributed by atoms with Gasteiger partial charge in [0.1, 0.15) is 0 Å². The molecule has 1 heterocycles. The molecule has 0 saturated carbocycles. The summed E-state index contributed by atoms with van der Waals surface area (Å²) in [6, 6.07) is 6.31. The number of hydrogen-bond acceptors (Lipinski definition) is 3. The average molecular weight is 204 g/mol. The molecule has 1 aromatic carbocycles. The van der Waals surface area contributed by atoms with Gasteiger partial charge in [0.05, 0.1) is 23.5 Å². The lowest BCUT2D eigenvalue weighted by Crippen LogP contribution is -2.28. The summed E-state index contributed by atoms with van der Waals surface area (Å²) in [6.45, 7) is 0. The number of benzene rings is 1. The molecule has 0 radical (unpaired) electrons. The Balaban J connectivity index is 2.46. The number of aryl methyl sites for hydroxylation is 1. The Hall–Kier alpha value is -1.39. The van der Waals surface area contributed by atoms with Crippen molar-refractivity contribution in [3.63, 3.8) is 0 Å². The third kappa shape index (κ3) is 1.73. The van der Waals surface area contributed by atoms with Gasteiger partial charge in [0.15, 0.2) is 0 Å². The van der Waals surface area contributed by atoms with Gasteiger partial charge in [0.25, 0.3) is 0 Å². The predicted octanol–water partition coefficient (Wildman–Crippen LogP) is 1.01. The van der Waals surface area contributed by atoms with Crippen molar-refractivity contribution in [3.8, 4) is 0 Å². The number of nitrogens with zero attached hydrogens (tertiary/aromatic N) is 2. The molecular weight excluding hydrogens is 188 g/mol. The molecule has 2 aromatic rings. The zero-order chi connectivity index (χ0) is 10.8.